The van der Waals surface area contributed by atoms with Gasteiger partial charge in [0, 0.05) is 10.7 Å². The maximum atomic E-state index is 14.7. The topological polar surface area (TPSA) is 62.9 Å². The molecule has 1 heterocycles. The number of nitrogens with zero attached hydrogens (tertiary/aromatic N) is 2. The molecule has 0 amide bonds. The first-order valence-electron chi connectivity index (χ1n) is 8.81. The lowest BCUT2D eigenvalue weighted by Gasteiger charge is -2.17. The van der Waals surface area contributed by atoms with Crippen LogP contribution in [0.5, 0.6) is 0 Å². The molecular weight excluding hydrogens is 423 g/mol. The summed E-state index contributed by atoms with van der Waals surface area (Å²) in [7, 11) is 0. The summed E-state index contributed by atoms with van der Waals surface area (Å²) in [6.45, 7) is 7.37. The Kier molecular flexibility index (Phi) is 6.52. The molecule has 0 atom stereocenters. The minimum atomic E-state index is -0.876. The van der Waals surface area contributed by atoms with E-state index in [0.717, 1.165) is 0 Å². The number of hydrogen-bond acceptors (Lipinski definition) is 3. The zero-order valence-electron chi connectivity index (χ0n) is 16.1. The molecule has 0 N–H and O–H groups in total. The largest absolute Gasteiger partial charge is 0.298 e. The Morgan fingerprint density at radius 2 is 1.89 bits per heavy atom. The smallest absolute Gasteiger partial charge is 0.265 e. The highest BCUT2D eigenvalue weighted by Gasteiger charge is 2.23. The molecule has 3 aromatic rings. The lowest BCUT2D eigenvalue weighted by Crippen LogP contribution is -2.21. The number of benzene rings is 2. The van der Waals surface area contributed by atoms with Crippen LogP contribution in [-0.2, 0) is 5.41 Å². The third-order valence-electron chi connectivity index (χ3n) is 4.37. The average Bonchev–Trinajstić information content (AvgIpc) is 2.69. The highest BCUT2D eigenvalue weighted by molar-refractivity contribution is 9.10. The van der Waals surface area contributed by atoms with Crippen LogP contribution in [-0.4, -0.2) is 10.9 Å². The van der Waals surface area contributed by atoms with Crippen LogP contribution in [0.25, 0.3) is 16.5 Å². The van der Waals surface area contributed by atoms with Crippen LogP contribution in [0.1, 0.15) is 43.6 Å². The second kappa shape index (κ2) is 8.49. The Bertz CT molecular complexity index is 1140. The van der Waals surface area contributed by atoms with Gasteiger partial charge < -0.3 is 0 Å². The number of carbonyl (C=O) groups excluding carboxylic acids is 1. The summed E-state index contributed by atoms with van der Waals surface area (Å²) in [6.07, 6.45) is 2.15. The quantitative estimate of drug-likeness (QED) is 0.500. The van der Waals surface area contributed by atoms with Gasteiger partial charge in [0.1, 0.15) is 5.82 Å². The van der Waals surface area contributed by atoms with Crippen molar-refractivity contribution in [3.8, 4) is 11.8 Å². The maximum Gasteiger partial charge on any atom is 0.265 e. The fourth-order valence-electron chi connectivity index (χ4n) is 2.80. The SMILES string of the molecule is CC.CC(C)(C#N)c1cc(F)c2c(=O)n(-c3cccc(Br)c3C=O)ccc2c1. The molecule has 28 heavy (non-hydrogen) atoms. The maximum absolute atomic E-state index is 14.7. The van der Waals surface area contributed by atoms with Crippen LogP contribution in [0.2, 0.25) is 0 Å². The van der Waals surface area contributed by atoms with Crippen molar-refractivity contribution in [2.75, 3.05) is 0 Å². The van der Waals surface area contributed by atoms with E-state index in [9.17, 15) is 19.2 Å². The second-order valence-corrected chi connectivity index (χ2v) is 7.29. The zero-order valence-corrected chi connectivity index (χ0v) is 17.7. The fraction of sp³-hybridized carbons (Fsp3) is 0.227. The van der Waals surface area contributed by atoms with E-state index in [1.807, 2.05) is 13.8 Å². The molecule has 0 unspecified atom stereocenters. The first-order valence-corrected chi connectivity index (χ1v) is 9.60. The number of hydrogen-bond donors (Lipinski definition) is 0. The molecule has 0 saturated heterocycles. The predicted molar refractivity (Wildman–Crippen MR) is 113 cm³/mol. The molecular formula is C22H20BrFN2O2. The van der Waals surface area contributed by atoms with E-state index in [-0.39, 0.29) is 5.39 Å². The van der Waals surface area contributed by atoms with Gasteiger partial charge in [0.15, 0.2) is 6.29 Å². The third-order valence-corrected chi connectivity index (χ3v) is 5.06. The highest BCUT2D eigenvalue weighted by atomic mass is 79.9. The van der Waals surface area contributed by atoms with E-state index in [1.165, 1.54) is 16.8 Å². The number of carbonyl (C=O) groups is 1. The highest BCUT2D eigenvalue weighted by Crippen LogP contribution is 2.28. The Balaban J connectivity index is 0.00000136. The summed E-state index contributed by atoms with van der Waals surface area (Å²) in [5.74, 6) is -0.692. The normalized spacial score (nSPS) is 10.8. The number of pyridine rings is 1. The molecule has 0 saturated carbocycles. The molecule has 0 aliphatic carbocycles. The molecule has 2 aromatic carbocycles. The van der Waals surface area contributed by atoms with E-state index >= 15 is 0 Å². The van der Waals surface area contributed by atoms with Crippen LogP contribution < -0.4 is 5.56 Å². The first kappa shape index (κ1) is 21.5. The average molecular weight is 443 g/mol. The van der Waals surface area contributed by atoms with Crippen molar-refractivity contribution >= 4 is 33.0 Å². The summed E-state index contributed by atoms with van der Waals surface area (Å²) in [6, 6.07) is 11.6. The minimum absolute atomic E-state index is 0.0817. The lowest BCUT2D eigenvalue weighted by molar-refractivity contribution is 0.112. The first-order chi connectivity index (χ1) is 13.3. The molecule has 4 nitrogen and oxygen atoms in total. The molecule has 6 heteroatoms. The Morgan fingerprint density at radius 1 is 1.21 bits per heavy atom. The lowest BCUT2D eigenvalue weighted by atomic mass is 9.85. The monoisotopic (exact) mass is 442 g/mol. The zero-order chi connectivity index (χ0) is 21.1. The number of aldehydes is 1. The molecule has 0 radical (unpaired) electrons. The van der Waals surface area contributed by atoms with Gasteiger partial charge in [-0.05, 0) is 71.1 Å². The van der Waals surface area contributed by atoms with Crippen molar-refractivity contribution in [1.82, 2.24) is 4.57 Å². The van der Waals surface area contributed by atoms with Crippen molar-refractivity contribution < 1.29 is 9.18 Å². The van der Waals surface area contributed by atoms with Crippen LogP contribution in [0.3, 0.4) is 0 Å². The van der Waals surface area contributed by atoms with Gasteiger partial charge in [0.2, 0.25) is 0 Å². The summed E-state index contributed by atoms with van der Waals surface area (Å²) in [4.78, 5) is 24.3. The van der Waals surface area contributed by atoms with Crippen molar-refractivity contribution in [3.63, 3.8) is 0 Å². The summed E-state index contributed by atoms with van der Waals surface area (Å²) >= 11 is 3.28. The molecule has 0 spiro atoms. The molecule has 144 valence electrons. The number of rotatable bonds is 3. The van der Waals surface area contributed by atoms with Crippen LogP contribution in [0.4, 0.5) is 4.39 Å². The summed E-state index contributed by atoms with van der Waals surface area (Å²) in [5, 5.41) is 9.59. The molecule has 0 bridgehead atoms. The minimum Gasteiger partial charge on any atom is -0.298 e. The fourth-order valence-corrected chi connectivity index (χ4v) is 3.24. The van der Waals surface area contributed by atoms with Gasteiger partial charge in [-0.2, -0.15) is 5.26 Å². The third kappa shape index (κ3) is 3.76. The van der Waals surface area contributed by atoms with Crippen LogP contribution in [0, 0.1) is 17.1 Å². The van der Waals surface area contributed by atoms with Crippen molar-refractivity contribution in [1.29, 1.82) is 5.26 Å². The molecule has 0 aliphatic rings. The van der Waals surface area contributed by atoms with Gasteiger partial charge in [-0.1, -0.05) is 19.9 Å². The van der Waals surface area contributed by atoms with E-state index in [2.05, 4.69) is 22.0 Å². The van der Waals surface area contributed by atoms with Crippen LogP contribution in [0.15, 0.2) is 51.9 Å². The Hall–Kier alpha value is -2.78. The number of nitriles is 1. The van der Waals surface area contributed by atoms with Gasteiger partial charge in [-0.15, -0.1) is 0 Å². The molecule has 3 rings (SSSR count). The van der Waals surface area contributed by atoms with Crippen molar-refractivity contribution in [3.05, 3.63) is 74.4 Å². The standard InChI is InChI=1S/C20H14BrFN2O2.C2H6/c1-20(2,11-23)13-8-12-6-7-24(19(26)18(12)16(22)9-13)17-5-3-4-15(21)14(17)10-25;1-2/h3-10H,1-2H3;1-2H3. The van der Waals surface area contributed by atoms with Crippen molar-refractivity contribution in [2.45, 2.75) is 33.1 Å². The Morgan fingerprint density at radius 3 is 2.50 bits per heavy atom. The molecule has 0 aliphatic heterocycles. The number of halogens is 2. The Labute approximate surface area is 171 Å². The summed E-state index contributed by atoms with van der Waals surface area (Å²) in [5.41, 5.74) is -0.279. The predicted octanol–water partition coefficient (Wildman–Crippen LogP) is 5.53. The van der Waals surface area contributed by atoms with Crippen molar-refractivity contribution in [2.24, 2.45) is 0 Å². The van der Waals surface area contributed by atoms with E-state index in [1.54, 1.807) is 44.2 Å². The van der Waals surface area contributed by atoms with Gasteiger partial charge in [0.25, 0.3) is 5.56 Å². The number of fused-ring (bicyclic) bond motifs is 1. The van der Waals surface area contributed by atoms with E-state index < -0.39 is 16.8 Å². The molecule has 0 fully saturated rings. The number of aromatic nitrogens is 1. The molecule has 1 aromatic heterocycles. The second-order valence-electron chi connectivity index (χ2n) is 6.44. The van der Waals surface area contributed by atoms with Gasteiger partial charge in [-0.25, -0.2) is 4.39 Å². The van der Waals surface area contributed by atoms with Gasteiger partial charge in [0.05, 0.1) is 28.1 Å². The van der Waals surface area contributed by atoms with Gasteiger partial charge in [-0.3, -0.25) is 14.2 Å². The summed E-state index contributed by atoms with van der Waals surface area (Å²) < 4.78 is 16.5. The van der Waals surface area contributed by atoms with Crippen LogP contribution >= 0.6 is 15.9 Å². The van der Waals surface area contributed by atoms with E-state index in [0.29, 0.717) is 33.0 Å². The van der Waals surface area contributed by atoms with Gasteiger partial charge >= 0.3 is 0 Å². The van der Waals surface area contributed by atoms with E-state index in [4.69, 9.17) is 0 Å².